The van der Waals surface area contributed by atoms with Gasteiger partial charge in [-0.3, -0.25) is 0 Å². The Bertz CT molecular complexity index is 571. The van der Waals surface area contributed by atoms with Gasteiger partial charge in [0.25, 0.3) is 0 Å². The largest absolute Gasteiger partial charge is 0.479 e. The summed E-state index contributed by atoms with van der Waals surface area (Å²) in [5.74, 6) is 2.53. The average Bonchev–Trinajstić information content (AvgIpc) is 3.12. The minimum atomic E-state index is -0.119. The molecule has 0 radical (unpaired) electrons. The lowest BCUT2D eigenvalue weighted by Crippen LogP contribution is -2.20. The van der Waals surface area contributed by atoms with Crippen molar-refractivity contribution in [3.05, 3.63) is 60.2 Å². The van der Waals surface area contributed by atoms with Crippen LogP contribution in [0.4, 0.5) is 0 Å². The second-order valence-electron chi connectivity index (χ2n) is 5.65. The number of rotatable bonds is 6. The summed E-state index contributed by atoms with van der Waals surface area (Å²) < 4.78 is 17.4. The van der Waals surface area contributed by atoms with Crippen LogP contribution in [0.15, 0.2) is 58.8 Å². The summed E-state index contributed by atoms with van der Waals surface area (Å²) in [7, 11) is 1.93. The molecule has 1 N–H and O–H groups in total. The lowest BCUT2D eigenvalue weighted by molar-refractivity contribution is 0.0804. The number of allylic oxidation sites excluding steroid dienone is 3. The van der Waals surface area contributed by atoms with E-state index in [1.807, 2.05) is 25.3 Å². The van der Waals surface area contributed by atoms with Crippen LogP contribution in [-0.4, -0.2) is 13.6 Å². The van der Waals surface area contributed by atoms with Crippen molar-refractivity contribution in [3.63, 3.8) is 0 Å². The summed E-state index contributed by atoms with van der Waals surface area (Å²) in [6.45, 7) is 3.02. The van der Waals surface area contributed by atoms with Gasteiger partial charge in [-0.1, -0.05) is 6.08 Å². The highest BCUT2D eigenvalue weighted by molar-refractivity contribution is 5.34. The minimum Gasteiger partial charge on any atom is -0.479 e. The third-order valence-corrected chi connectivity index (χ3v) is 3.96. The molecule has 1 aliphatic heterocycles. The van der Waals surface area contributed by atoms with E-state index in [0.717, 1.165) is 36.7 Å². The molecular weight excluding hydrogens is 266 g/mol. The molecule has 21 heavy (non-hydrogen) atoms. The van der Waals surface area contributed by atoms with Gasteiger partial charge in [-0.2, -0.15) is 0 Å². The highest BCUT2D eigenvalue weighted by Gasteiger charge is 2.37. The van der Waals surface area contributed by atoms with Crippen LogP contribution in [0.1, 0.15) is 31.6 Å². The molecule has 4 heteroatoms. The van der Waals surface area contributed by atoms with Gasteiger partial charge in [0.05, 0.1) is 17.9 Å². The van der Waals surface area contributed by atoms with E-state index in [1.54, 1.807) is 12.5 Å². The van der Waals surface area contributed by atoms with Gasteiger partial charge < -0.3 is 19.2 Å². The summed E-state index contributed by atoms with van der Waals surface area (Å²) in [4.78, 5) is 0. The van der Waals surface area contributed by atoms with E-state index in [-0.39, 0.29) is 11.5 Å². The molecule has 0 saturated carbocycles. The van der Waals surface area contributed by atoms with Crippen LogP contribution in [-0.2, 0) is 9.47 Å². The second kappa shape index (κ2) is 5.82. The van der Waals surface area contributed by atoms with Crippen molar-refractivity contribution < 1.29 is 13.9 Å². The first-order valence-corrected chi connectivity index (χ1v) is 7.33. The maximum Gasteiger partial charge on any atom is 0.159 e. The molecule has 0 bridgehead atoms. The van der Waals surface area contributed by atoms with E-state index in [2.05, 4.69) is 24.4 Å². The predicted octanol–water partition coefficient (Wildman–Crippen LogP) is 3.67. The molecule has 1 aromatic heterocycles. The minimum absolute atomic E-state index is 0.0825. The number of hydrogen-bond donors (Lipinski definition) is 1. The standard InChI is InChI=1S/C17H21NO3/c1-17-8-3-5-15(16(17)20-12-9-17)21-14(7-10-18-2)13-6-4-11-19-13/h3-6,9,11-12,14,18H,7-8,10H2,1-2H3. The second-order valence-corrected chi connectivity index (χ2v) is 5.65. The summed E-state index contributed by atoms with van der Waals surface area (Å²) in [5.41, 5.74) is -0.0825. The summed E-state index contributed by atoms with van der Waals surface area (Å²) in [5, 5.41) is 3.15. The number of nitrogens with one attached hydrogen (secondary N) is 1. The molecule has 0 aromatic carbocycles. The van der Waals surface area contributed by atoms with Crippen LogP contribution in [0.25, 0.3) is 0 Å². The molecule has 0 saturated heterocycles. The fourth-order valence-corrected chi connectivity index (χ4v) is 2.70. The third-order valence-electron chi connectivity index (χ3n) is 3.96. The zero-order valence-electron chi connectivity index (χ0n) is 12.5. The normalized spacial score (nSPS) is 24.9. The molecule has 0 amide bonds. The van der Waals surface area contributed by atoms with Crippen LogP contribution in [0, 0.1) is 5.41 Å². The van der Waals surface area contributed by atoms with Crippen LogP contribution in [0.2, 0.25) is 0 Å². The van der Waals surface area contributed by atoms with Gasteiger partial charge in [0.15, 0.2) is 17.6 Å². The first kappa shape index (κ1) is 14.0. The van der Waals surface area contributed by atoms with Crippen molar-refractivity contribution in [2.75, 3.05) is 13.6 Å². The molecule has 1 aromatic rings. The Morgan fingerprint density at radius 1 is 1.48 bits per heavy atom. The molecule has 112 valence electrons. The van der Waals surface area contributed by atoms with Gasteiger partial charge in [0.1, 0.15) is 5.76 Å². The van der Waals surface area contributed by atoms with Gasteiger partial charge in [-0.15, -0.1) is 0 Å². The summed E-state index contributed by atoms with van der Waals surface area (Å²) in [6.07, 6.45) is 11.3. The fourth-order valence-electron chi connectivity index (χ4n) is 2.70. The maximum atomic E-state index is 6.21. The Balaban J connectivity index is 1.82. The summed E-state index contributed by atoms with van der Waals surface area (Å²) >= 11 is 0. The SMILES string of the molecule is CNCCC(OC1=C2OC=CC2(C)CC=C1)c1ccco1. The van der Waals surface area contributed by atoms with Crippen LogP contribution in [0.5, 0.6) is 0 Å². The molecule has 2 aliphatic rings. The van der Waals surface area contributed by atoms with Crippen LogP contribution >= 0.6 is 0 Å². The summed E-state index contributed by atoms with van der Waals surface area (Å²) in [6, 6.07) is 3.84. The Morgan fingerprint density at radius 3 is 3.14 bits per heavy atom. The molecule has 0 spiro atoms. The topological polar surface area (TPSA) is 43.6 Å². The van der Waals surface area contributed by atoms with Gasteiger partial charge in [0.2, 0.25) is 0 Å². The van der Waals surface area contributed by atoms with E-state index in [0.29, 0.717) is 0 Å². The van der Waals surface area contributed by atoms with E-state index in [1.165, 1.54) is 0 Å². The van der Waals surface area contributed by atoms with Crippen molar-refractivity contribution in [2.24, 2.45) is 5.41 Å². The zero-order valence-corrected chi connectivity index (χ0v) is 12.5. The van der Waals surface area contributed by atoms with E-state index in [4.69, 9.17) is 13.9 Å². The van der Waals surface area contributed by atoms with E-state index < -0.39 is 0 Å². The van der Waals surface area contributed by atoms with Gasteiger partial charge in [0, 0.05) is 6.42 Å². The molecule has 1 aliphatic carbocycles. The zero-order chi connectivity index (χ0) is 14.7. The fraction of sp³-hybridized carbons (Fsp3) is 0.412. The Morgan fingerprint density at radius 2 is 2.38 bits per heavy atom. The molecule has 0 fully saturated rings. The smallest absolute Gasteiger partial charge is 0.159 e. The van der Waals surface area contributed by atoms with Crippen LogP contribution < -0.4 is 5.32 Å². The number of ether oxygens (including phenoxy) is 2. The molecule has 2 heterocycles. The number of fused-ring (bicyclic) bond motifs is 1. The van der Waals surface area contributed by atoms with Crippen molar-refractivity contribution in [2.45, 2.75) is 25.9 Å². The Labute approximate surface area is 125 Å². The first-order valence-electron chi connectivity index (χ1n) is 7.33. The Hall–Kier alpha value is -1.94. The van der Waals surface area contributed by atoms with Gasteiger partial charge in [-0.25, -0.2) is 0 Å². The maximum absolute atomic E-state index is 6.21. The molecule has 2 unspecified atom stereocenters. The van der Waals surface area contributed by atoms with Gasteiger partial charge in [-0.05, 0) is 51.2 Å². The van der Waals surface area contributed by atoms with Crippen molar-refractivity contribution in [1.82, 2.24) is 5.32 Å². The number of hydrogen-bond acceptors (Lipinski definition) is 4. The molecular formula is C17H21NO3. The Kier molecular flexibility index (Phi) is 3.88. The van der Waals surface area contributed by atoms with E-state index in [9.17, 15) is 0 Å². The van der Waals surface area contributed by atoms with Gasteiger partial charge >= 0.3 is 0 Å². The molecule has 4 nitrogen and oxygen atoms in total. The van der Waals surface area contributed by atoms with Crippen molar-refractivity contribution in [1.29, 1.82) is 0 Å². The number of furan rings is 1. The van der Waals surface area contributed by atoms with Crippen molar-refractivity contribution >= 4 is 0 Å². The predicted molar refractivity (Wildman–Crippen MR) is 80.2 cm³/mol. The highest BCUT2D eigenvalue weighted by atomic mass is 16.5. The first-order chi connectivity index (χ1) is 10.2. The lowest BCUT2D eigenvalue weighted by atomic mass is 9.82. The molecule has 2 atom stereocenters. The molecule has 3 rings (SSSR count). The van der Waals surface area contributed by atoms with Crippen LogP contribution in [0.3, 0.4) is 0 Å². The lowest BCUT2D eigenvalue weighted by Gasteiger charge is -2.28. The third kappa shape index (κ3) is 2.76. The monoisotopic (exact) mass is 287 g/mol. The average molecular weight is 287 g/mol. The van der Waals surface area contributed by atoms with Crippen molar-refractivity contribution in [3.8, 4) is 0 Å². The highest BCUT2D eigenvalue weighted by Crippen LogP contribution is 2.44. The van der Waals surface area contributed by atoms with E-state index >= 15 is 0 Å². The quantitative estimate of drug-likeness (QED) is 0.867.